The van der Waals surface area contributed by atoms with Gasteiger partial charge in [0.25, 0.3) is 5.91 Å². The molecule has 1 aromatic heterocycles. The van der Waals surface area contributed by atoms with Crippen LogP contribution in [-0.4, -0.2) is 17.4 Å². The van der Waals surface area contributed by atoms with Crippen LogP contribution in [0.1, 0.15) is 54.9 Å². The van der Waals surface area contributed by atoms with Crippen LogP contribution in [0.3, 0.4) is 0 Å². The normalized spacial score (nSPS) is 11.8. The lowest BCUT2D eigenvalue weighted by Gasteiger charge is -2.16. The van der Waals surface area contributed by atoms with Gasteiger partial charge in [-0.2, -0.15) is 0 Å². The average molecular weight is 418 g/mol. The first kappa shape index (κ1) is 22.3. The van der Waals surface area contributed by atoms with Crippen LogP contribution < -0.4 is 15.4 Å². The maximum Gasteiger partial charge on any atom is 0.251 e. The van der Waals surface area contributed by atoms with Crippen molar-refractivity contribution in [1.29, 1.82) is 0 Å². The average Bonchev–Trinajstić information content (AvgIpc) is 2.76. The van der Waals surface area contributed by atoms with Crippen molar-refractivity contribution in [3.05, 3.63) is 83.7 Å². The molecule has 162 valence electrons. The van der Waals surface area contributed by atoms with E-state index in [-0.39, 0.29) is 12.0 Å². The van der Waals surface area contributed by atoms with E-state index in [1.807, 2.05) is 74.5 Å². The molecule has 0 spiro atoms. The summed E-state index contributed by atoms with van der Waals surface area (Å²) in [5.74, 6) is 1.31. The van der Waals surface area contributed by atoms with Crippen LogP contribution in [-0.2, 0) is 0 Å². The highest BCUT2D eigenvalue weighted by molar-refractivity contribution is 5.95. The standard InChI is InChI=1S/C26H31N3O2/c1-18(2)13-15-28-26(30)21-8-7-9-22(17-21)29-24-12-11-23(16-19(24)3)31-20(4)25-10-5-6-14-27-25/h5-12,14,16-18,20,29H,13,15H2,1-4H3,(H,28,30). The van der Waals surface area contributed by atoms with Gasteiger partial charge in [-0.25, -0.2) is 0 Å². The number of aryl methyl sites for hydroxylation is 1. The van der Waals surface area contributed by atoms with Gasteiger partial charge in [0, 0.05) is 29.7 Å². The lowest BCUT2D eigenvalue weighted by Crippen LogP contribution is -2.25. The Kier molecular flexibility index (Phi) is 7.65. The molecule has 0 fully saturated rings. The molecule has 0 saturated heterocycles. The smallest absolute Gasteiger partial charge is 0.251 e. The number of benzene rings is 2. The number of hydrogen-bond donors (Lipinski definition) is 2. The van der Waals surface area contributed by atoms with Gasteiger partial charge >= 0.3 is 0 Å². The number of pyridine rings is 1. The molecule has 31 heavy (non-hydrogen) atoms. The highest BCUT2D eigenvalue weighted by Crippen LogP contribution is 2.27. The number of nitrogens with zero attached hydrogens (tertiary/aromatic N) is 1. The maximum atomic E-state index is 12.4. The van der Waals surface area contributed by atoms with Crippen molar-refractivity contribution in [3.8, 4) is 5.75 Å². The fourth-order valence-electron chi connectivity index (χ4n) is 3.20. The molecule has 3 rings (SSSR count). The van der Waals surface area contributed by atoms with Crippen molar-refractivity contribution in [3.63, 3.8) is 0 Å². The van der Waals surface area contributed by atoms with Crippen LogP contribution in [0.25, 0.3) is 0 Å². The van der Waals surface area contributed by atoms with Gasteiger partial charge in [-0.3, -0.25) is 9.78 Å². The highest BCUT2D eigenvalue weighted by Gasteiger charge is 2.10. The molecule has 3 aromatic rings. The molecule has 1 atom stereocenters. The Hall–Kier alpha value is -3.34. The summed E-state index contributed by atoms with van der Waals surface area (Å²) in [4.78, 5) is 16.8. The van der Waals surface area contributed by atoms with Crippen molar-refractivity contribution in [2.75, 3.05) is 11.9 Å². The number of rotatable bonds is 9. The Labute approximate surface area is 184 Å². The number of anilines is 2. The van der Waals surface area contributed by atoms with Gasteiger partial charge in [0.1, 0.15) is 11.9 Å². The molecule has 2 N–H and O–H groups in total. The van der Waals surface area contributed by atoms with E-state index in [0.29, 0.717) is 18.0 Å². The lowest BCUT2D eigenvalue weighted by molar-refractivity contribution is 0.0952. The van der Waals surface area contributed by atoms with Gasteiger partial charge in [-0.15, -0.1) is 0 Å². The van der Waals surface area contributed by atoms with Gasteiger partial charge in [0.05, 0.1) is 5.69 Å². The SMILES string of the molecule is Cc1cc(OC(C)c2ccccn2)ccc1Nc1cccc(C(=O)NCCC(C)C)c1. The number of carbonyl (C=O) groups excluding carboxylic acids is 1. The third-order valence-electron chi connectivity index (χ3n) is 5.03. The van der Waals surface area contributed by atoms with E-state index < -0.39 is 0 Å². The molecule has 0 bridgehead atoms. The summed E-state index contributed by atoms with van der Waals surface area (Å²) < 4.78 is 6.05. The van der Waals surface area contributed by atoms with Crippen LogP contribution in [0, 0.1) is 12.8 Å². The minimum absolute atomic E-state index is 0.0479. The number of ether oxygens (including phenoxy) is 1. The molecule has 0 aliphatic carbocycles. The Morgan fingerprint density at radius 1 is 1.03 bits per heavy atom. The minimum atomic E-state index is -0.134. The molecule has 0 saturated carbocycles. The highest BCUT2D eigenvalue weighted by atomic mass is 16.5. The van der Waals surface area contributed by atoms with Gasteiger partial charge in [0.15, 0.2) is 0 Å². The van der Waals surface area contributed by atoms with Crippen molar-refractivity contribution in [1.82, 2.24) is 10.3 Å². The summed E-state index contributed by atoms with van der Waals surface area (Å²) in [6.07, 6.45) is 2.60. The zero-order valence-electron chi connectivity index (χ0n) is 18.7. The van der Waals surface area contributed by atoms with E-state index in [4.69, 9.17) is 4.74 Å². The quantitative estimate of drug-likeness (QED) is 0.445. The van der Waals surface area contributed by atoms with Crippen LogP contribution >= 0.6 is 0 Å². The minimum Gasteiger partial charge on any atom is -0.484 e. The zero-order chi connectivity index (χ0) is 22.2. The van der Waals surface area contributed by atoms with E-state index >= 15 is 0 Å². The Balaban J connectivity index is 1.64. The second kappa shape index (κ2) is 10.6. The predicted octanol–water partition coefficient (Wildman–Crippen LogP) is 6.05. The first-order valence-electron chi connectivity index (χ1n) is 10.8. The van der Waals surface area contributed by atoms with E-state index in [9.17, 15) is 4.79 Å². The molecule has 5 nitrogen and oxygen atoms in total. The molecule has 2 aromatic carbocycles. The van der Waals surface area contributed by atoms with Crippen LogP contribution in [0.5, 0.6) is 5.75 Å². The fourth-order valence-corrected chi connectivity index (χ4v) is 3.20. The molecule has 5 heteroatoms. The van der Waals surface area contributed by atoms with Crippen LogP contribution in [0.4, 0.5) is 11.4 Å². The molecule has 1 unspecified atom stereocenters. The Morgan fingerprint density at radius 3 is 2.58 bits per heavy atom. The number of carbonyl (C=O) groups is 1. The number of aromatic nitrogens is 1. The molecule has 1 heterocycles. The van der Waals surface area contributed by atoms with E-state index in [2.05, 4.69) is 29.5 Å². The number of hydrogen-bond acceptors (Lipinski definition) is 4. The van der Waals surface area contributed by atoms with E-state index in [1.165, 1.54) is 0 Å². The largest absolute Gasteiger partial charge is 0.484 e. The number of nitrogens with one attached hydrogen (secondary N) is 2. The van der Waals surface area contributed by atoms with Crippen molar-refractivity contribution in [2.24, 2.45) is 5.92 Å². The maximum absolute atomic E-state index is 12.4. The van der Waals surface area contributed by atoms with E-state index in [1.54, 1.807) is 6.20 Å². The van der Waals surface area contributed by atoms with Crippen molar-refractivity contribution in [2.45, 2.75) is 40.2 Å². The first-order valence-corrected chi connectivity index (χ1v) is 10.8. The second-order valence-corrected chi connectivity index (χ2v) is 8.14. The monoisotopic (exact) mass is 417 g/mol. The first-order chi connectivity index (χ1) is 14.9. The van der Waals surface area contributed by atoms with Crippen molar-refractivity contribution >= 4 is 17.3 Å². The van der Waals surface area contributed by atoms with Crippen LogP contribution in [0.15, 0.2) is 66.9 Å². The Morgan fingerprint density at radius 2 is 1.87 bits per heavy atom. The summed E-state index contributed by atoms with van der Waals surface area (Å²) in [7, 11) is 0. The van der Waals surface area contributed by atoms with E-state index in [0.717, 1.165) is 34.8 Å². The zero-order valence-corrected chi connectivity index (χ0v) is 18.7. The molecule has 0 radical (unpaired) electrons. The summed E-state index contributed by atoms with van der Waals surface area (Å²) in [6.45, 7) is 9.00. The molecule has 0 aliphatic rings. The second-order valence-electron chi connectivity index (χ2n) is 8.14. The lowest BCUT2D eigenvalue weighted by atomic mass is 10.1. The number of amides is 1. The summed E-state index contributed by atoms with van der Waals surface area (Å²) in [5, 5.41) is 6.39. The topological polar surface area (TPSA) is 63.2 Å². The molecular formula is C26H31N3O2. The summed E-state index contributed by atoms with van der Waals surface area (Å²) >= 11 is 0. The Bertz CT molecular complexity index is 1000. The summed E-state index contributed by atoms with van der Waals surface area (Å²) in [5.41, 5.74) is 4.43. The summed E-state index contributed by atoms with van der Waals surface area (Å²) in [6, 6.07) is 19.3. The van der Waals surface area contributed by atoms with Gasteiger partial charge in [-0.05, 0) is 80.3 Å². The van der Waals surface area contributed by atoms with Gasteiger partial charge in [-0.1, -0.05) is 26.0 Å². The predicted molar refractivity (Wildman–Crippen MR) is 126 cm³/mol. The third-order valence-corrected chi connectivity index (χ3v) is 5.03. The van der Waals surface area contributed by atoms with Crippen molar-refractivity contribution < 1.29 is 9.53 Å². The molecular weight excluding hydrogens is 386 g/mol. The van der Waals surface area contributed by atoms with Gasteiger partial charge < -0.3 is 15.4 Å². The molecule has 0 aliphatic heterocycles. The third kappa shape index (κ3) is 6.57. The fraction of sp³-hybridized carbons (Fsp3) is 0.308. The van der Waals surface area contributed by atoms with Gasteiger partial charge in [0.2, 0.25) is 0 Å². The van der Waals surface area contributed by atoms with Crippen LogP contribution in [0.2, 0.25) is 0 Å². The molecule has 1 amide bonds.